The monoisotopic (exact) mass is 311 g/mol. The van der Waals surface area contributed by atoms with Gasteiger partial charge in [0.15, 0.2) is 0 Å². The summed E-state index contributed by atoms with van der Waals surface area (Å²) in [6.45, 7) is 2.13. The van der Waals surface area contributed by atoms with Gasteiger partial charge in [0.1, 0.15) is 0 Å². The molecule has 0 saturated heterocycles. The van der Waals surface area contributed by atoms with Crippen LogP contribution in [0.25, 0.3) is 16.9 Å². The number of thiol groups is 1. The van der Waals surface area contributed by atoms with Crippen molar-refractivity contribution in [1.29, 1.82) is 0 Å². The van der Waals surface area contributed by atoms with Crippen LogP contribution in [-0.2, 0) is 0 Å². The molecular formula is C18H17NS2. The van der Waals surface area contributed by atoms with E-state index in [1.165, 1.54) is 27.4 Å². The van der Waals surface area contributed by atoms with Gasteiger partial charge in [0.2, 0.25) is 0 Å². The summed E-state index contributed by atoms with van der Waals surface area (Å²) >= 11 is 6.12. The van der Waals surface area contributed by atoms with Crippen molar-refractivity contribution in [2.24, 2.45) is 0 Å². The van der Waals surface area contributed by atoms with Crippen molar-refractivity contribution in [3.05, 3.63) is 66.4 Å². The van der Waals surface area contributed by atoms with E-state index in [0.717, 1.165) is 4.90 Å². The summed E-state index contributed by atoms with van der Waals surface area (Å²) in [5.41, 5.74) is 4.85. The molecule has 0 aliphatic rings. The Balaban J connectivity index is 2.08. The van der Waals surface area contributed by atoms with E-state index in [0.29, 0.717) is 0 Å². The van der Waals surface area contributed by atoms with Gasteiger partial charge in [-0.1, -0.05) is 12.1 Å². The van der Waals surface area contributed by atoms with Crippen LogP contribution < -0.4 is 0 Å². The number of aromatic nitrogens is 1. The lowest BCUT2D eigenvalue weighted by Crippen LogP contribution is -1.94. The number of aryl methyl sites for hydroxylation is 1. The maximum absolute atomic E-state index is 4.36. The van der Waals surface area contributed by atoms with Gasteiger partial charge in [0.25, 0.3) is 0 Å². The molecule has 1 aromatic heterocycles. The van der Waals surface area contributed by atoms with Gasteiger partial charge in [-0.3, -0.25) is 0 Å². The highest BCUT2D eigenvalue weighted by Crippen LogP contribution is 2.27. The first-order valence-corrected chi connectivity index (χ1v) is 8.47. The highest BCUT2D eigenvalue weighted by atomic mass is 32.2. The first kappa shape index (κ1) is 14.4. The molecule has 0 spiro atoms. The topological polar surface area (TPSA) is 4.93 Å². The Labute approximate surface area is 135 Å². The third-order valence-corrected chi connectivity index (χ3v) is 4.51. The molecule has 3 aromatic rings. The fraction of sp³-hybridized carbons (Fsp3) is 0.111. The highest BCUT2D eigenvalue weighted by molar-refractivity contribution is 7.98. The number of nitrogens with zero attached hydrogens (tertiary/aromatic N) is 1. The molecule has 0 atom stereocenters. The average Bonchev–Trinajstić information content (AvgIpc) is 2.90. The number of hydrogen-bond donors (Lipinski definition) is 1. The van der Waals surface area contributed by atoms with Crippen LogP contribution in [-0.4, -0.2) is 10.8 Å². The summed E-state index contributed by atoms with van der Waals surface area (Å²) in [6, 6.07) is 19.2. The summed E-state index contributed by atoms with van der Waals surface area (Å²) in [5, 5.41) is 0. The molecule has 1 heterocycles. The molecule has 0 aliphatic carbocycles. The maximum Gasteiger partial charge on any atom is 0.0531 e. The van der Waals surface area contributed by atoms with Gasteiger partial charge in [-0.25, -0.2) is 0 Å². The zero-order chi connectivity index (χ0) is 14.8. The Bertz CT molecular complexity index is 740. The van der Waals surface area contributed by atoms with Gasteiger partial charge >= 0.3 is 0 Å². The molecule has 0 saturated carbocycles. The second kappa shape index (κ2) is 6.04. The molecule has 21 heavy (non-hydrogen) atoms. The second-order valence-corrected chi connectivity index (χ2v) is 6.41. The minimum absolute atomic E-state index is 0.984. The van der Waals surface area contributed by atoms with E-state index in [4.69, 9.17) is 0 Å². The van der Waals surface area contributed by atoms with Crippen LogP contribution >= 0.6 is 24.4 Å². The molecule has 0 fully saturated rings. The molecule has 3 heteroatoms. The Morgan fingerprint density at radius 1 is 0.952 bits per heavy atom. The number of thioether (sulfide) groups is 1. The van der Waals surface area contributed by atoms with Crippen molar-refractivity contribution in [3.8, 4) is 16.9 Å². The molecule has 2 aromatic carbocycles. The summed E-state index contributed by atoms with van der Waals surface area (Å²) in [4.78, 5) is 2.27. The predicted molar refractivity (Wildman–Crippen MR) is 95.0 cm³/mol. The molecule has 3 rings (SSSR count). The lowest BCUT2D eigenvalue weighted by molar-refractivity contribution is 1.08. The maximum atomic E-state index is 4.36. The molecule has 0 bridgehead atoms. The van der Waals surface area contributed by atoms with Gasteiger partial charge in [-0.2, -0.15) is 0 Å². The highest BCUT2D eigenvalue weighted by Gasteiger charge is 2.08. The van der Waals surface area contributed by atoms with Crippen molar-refractivity contribution in [2.45, 2.75) is 16.7 Å². The van der Waals surface area contributed by atoms with E-state index >= 15 is 0 Å². The van der Waals surface area contributed by atoms with Crippen LogP contribution in [0.5, 0.6) is 0 Å². The molecule has 0 aliphatic heterocycles. The Hall–Kier alpha value is -1.58. The minimum atomic E-state index is 0.984. The van der Waals surface area contributed by atoms with Crippen molar-refractivity contribution < 1.29 is 0 Å². The van der Waals surface area contributed by atoms with Gasteiger partial charge in [0, 0.05) is 21.7 Å². The van der Waals surface area contributed by atoms with Crippen molar-refractivity contribution >= 4 is 24.4 Å². The van der Waals surface area contributed by atoms with E-state index in [1.54, 1.807) is 11.8 Å². The molecular weight excluding hydrogens is 294 g/mol. The summed E-state index contributed by atoms with van der Waals surface area (Å²) in [7, 11) is 0. The van der Waals surface area contributed by atoms with Crippen LogP contribution in [0.1, 0.15) is 5.56 Å². The van der Waals surface area contributed by atoms with E-state index in [1.807, 2.05) is 12.1 Å². The van der Waals surface area contributed by atoms with Gasteiger partial charge < -0.3 is 4.57 Å². The van der Waals surface area contributed by atoms with Crippen molar-refractivity contribution in [2.75, 3.05) is 6.26 Å². The lowest BCUT2D eigenvalue weighted by atomic mass is 10.1. The molecule has 106 valence electrons. The molecule has 0 N–H and O–H groups in total. The van der Waals surface area contributed by atoms with Gasteiger partial charge in [-0.15, -0.1) is 24.4 Å². The molecule has 0 unspecified atom stereocenters. The standard InChI is InChI=1S/C18H17NS2/c1-13-11-18(14-3-7-16(20)8-4-14)19(12-13)15-5-9-17(21-2)10-6-15/h3-12,20H,1-2H3. The average molecular weight is 311 g/mol. The zero-order valence-electron chi connectivity index (χ0n) is 12.1. The lowest BCUT2D eigenvalue weighted by Gasteiger charge is -2.10. The summed E-state index contributed by atoms with van der Waals surface area (Å²) in [6.07, 6.45) is 4.28. The smallest absolute Gasteiger partial charge is 0.0531 e. The van der Waals surface area contributed by atoms with Gasteiger partial charge in [-0.05, 0) is 66.8 Å². The van der Waals surface area contributed by atoms with Crippen LogP contribution in [0, 0.1) is 6.92 Å². The number of hydrogen-bond acceptors (Lipinski definition) is 2. The van der Waals surface area contributed by atoms with Crippen molar-refractivity contribution in [3.63, 3.8) is 0 Å². The van der Waals surface area contributed by atoms with E-state index in [-0.39, 0.29) is 0 Å². The van der Waals surface area contributed by atoms with E-state index in [9.17, 15) is 0 Å². The normalized spacial score (nSPS) is 10.8. The third-order valence-electron chi connectivity index (χ3n) is 3.47. The fourth-order valence-corrected chi connectivity index (χ4v) is 2.96. The molecule has 0 radical (unpaired) electrons. The SMILES string of the molecule is CSc1ccc(-n2cc(C)cc2-c2ccc(S)cc2)cc1. The Morgan fingerprint density at radius 3 is 2.24 bits per heavy atom. The summed E-state index contributed by atoms with van der Waals surface area (Å²) < 4.78 is 2.24. The molecule has 0 amide bonds. The minimum Gasteiger partial charge on any atom is -0.316 e. The predicted octanol–water partition coefficient (Wildman–Crippen LogP) is 5.46. The summed E-state index contributed by atoms with van der Waals surface area (Å²) in [5.74, 6) is 0. The van der Waals surface area contributed by atoms with Crippen LogP contribution in [0.3, 0.4) is 0 Å². The first-order valence-electron chi connectivity index (χ1n) is 6.80. The van der Waals surface area contributed by atoms with Crippen molar-refractivity contribution in [1.82, 2.24) is 4.57 Å². The number of rotatable bonds is 3. The van der Waals surface area contributed by atoms with Crippen LogP contribution in [0.2, 0.25) is 0 Å². The van der Waals surface area contributed by atoms with Crippen LogP contribution in [0.15, 0.2) is 70.6 Å². The quantitative estimate of drug-likeness (QED) is 0.497. The number of benzene rings is 2. The largest absolute Gasteiger partial charge is 0.316 e. The fourth-order valence-electron chi connectivity index (χ4n) is 2.41. The first-order chi connectivity index (χ1) is 10.2. The molecule has 1 nitrogen and oxygen atoms in total. The zero-order valence-corrected chi connectivity index (χ0v) is 13.8. The van der Waals surface area contributed by atoms with Crippen LogP contribution in [0.4, 0.5) is 0 Å². The van der Waals surface area contributed by atoms with Gasteiger partial charge in [0.05, 0.1) is 5.69 Å². The van der Waals surface area contributed by atoms with E-state index in [2.05, 4.69) is 79.0 Å². The Morgan fingerprint density at radius 2 is 1.62 bits per heavy atom. The third kappa shape index (κ3) is 3.04. The second-order valence-electron chi connectivity index (χ2n) is 5.02. The van der Waals surface area contributed by atoms with E-state index < -0.39 is 0 Å². The Kier molecular flexibility index (Phi) is 4.13.